The molecule has 0 atom stereocenters. The molecule has 0 fully saturated rings. The number of benzene rings is 2. The number of hydrogen-bond acceptors (Lipinski definition) is 1. The van der Waals surface area contributed by atoms with Crippen LogP contribution in [0.2, 0.25) is 0 Å². The zero-order valence-corrected chi connectivity index (χ0v) is 12.1. The van der Waals surface area contributed by atoms with Gasteiger partial charge in [-0.1, -0.05) is 56.3 Å². The fourth-order valence-electron chi connectivity index (χ4n) is 3.74. The van der Waals surface area contributed by atoms with Crippen LogP contribution >= 0.6 is 0 Å². The standard InChI is InChI=1S/C19H20O/c1-3-19(4-2)17-8-6-5-7-15(17)16-10-9-14(11-12-20)13-18(16)19/h5-10,12-13H,3-4,11H2,1-2H3. The van der Waals surface area contributed by atoms with Crippen LogP contribution < -0.4 is 0 Å². The van der Waals surface area contributed by atoms with Crippen LogP contribution in [0.1, 0.15) is 43.4 Å². The lowest BCUT2D eigenvalue weighted by atomic mass is 9.73. The molecule has 0 saturated carbocycles. The topological polar surface area (TPSA) is 17.1 Å². The third-order valence-corrected chi connectivity index (χ3v) is 4.86. The molecule has 20 heavy (non-hydrogen) atoms. The second-order valence-corrected chi connectivity index (χ2v) is 5.59. The third kappa shape index (κ3) is 1.66. The summed E-state index contributed by atoms with van der Waals surface area (Å²) in [5.41, 5.74) is 6.80. The Morgan fingerprint density at radius 1 is 0.950 bits per heavy atom. The van der Waals surface area contributed by atoms with Crippen LogP contribution in [-0.2, 0) is 16.6 Å². The van der Waals surface area contributed by atoms with Gasteiger partial charge in [0.1, 0.15) is 6.29 Å². The highest BCUT2D eigenvalue weighted by atomic mass is 16.1. The molecule has 0 radical (unpaired) electrons. The van der Waals surface area contributed by atoms with Crippen LogP contribution in [0.5, 0.6) is 0 Å². The zero-order valence-electron chi connectivity index (χ0n) is 12.1. The van der Waals surface area contributed by atoms with Crippen molar-refractivity contribution >= 4 is 6.29 Å². The molecule has 1 aliphatic carbocycles. The molecule has 0 aliphatic heterocycles. The third-order valence-electron chi connectivity index (χ3n) is 4.86. The van der Waals surface area contributed by atoms with Gasteiger partial charge in [-0.25, -0.2) is 0 Å². The molecule has 1 nitrogen and oxygen atoms in total. The number of aldehydes is 1. The monoisotopic (exact) mass is 264 g/mol. The van der Waals surface area contributed by atoms with Crippen LogP contribution in [0.3, 0.4) is 0 Å². The van der Waals surface area contributed by atoms with Gasteiger partial charge in [-0.2, -0.15) is 0 Å². The van der Waals surface area contributed by atoms with E-state index in [4.69, 9.17) is 0 Å². The highest BCUT2D eigenvalue weighted by molar-refractivity contribution is 5.81. The number of rotatable bonds is 4. The summed E-state index contributed by atoms with van der Waals surface area (Å²) in [7, 11) is 0. The van der Waals surface area contributed by atoms with Crippen LogP contribution in [-0.4, -0.2) is 6.29 Å². The van der Waals surface area contributed by atoms with E-state index < -0.39 is 0 Å². The molecule has 1 aliphatic rings. The minimum absolute atomic E-state index is 0.116. The van der Waals surface area contributed by atoms with Crippen molar-refractivity contribution in [3.8, 4) is 11.1 Å². The molecule has 102 valence electrons. The van der Waals surface area contributed by atoms with E-state index >= 15 is 0 Å². The molecule has 3 rings (SSSR count). The normalized spacial score (nSPS) is 14.7. The Morgan fingerprint density at radius 2 is 1.65 bits per heavy atom. The van der Waals surface area contributed by atoms with Crippen LogP contribution in [0, 0.1) is 0 Å². The Balaban J connectivity index is 2.28. The predicted octanol–water partition coefficient (Wildman–Crippen LogP) is 4.51. The molecule has 0 aromatic heterocycles. The minimum atomic E-state index is 0.116. The lowest BCUT2D eigenvalue weighted by molar-refractivity contribution is -0.107. The van der Waals surface area contributed by atoms with E-state index in [0.29, 0.717) is 6.42 Å². The molecule has 0 unspecified atom stereocenters. The van der Waals surface area contributed by atoms with Crippen molar-refractivity contribution in [3.63, 3.8) is 0 Å². The van der Waals surface area contributed by atoms with E-state index in [9.17, 15) is 4.79 Å². The van der Waals surface area contributed by atoms with E-state index in [-0.39, 0.29) is 5.41 Å². The fraction of sp³-hybridized carbons (Fsp3) is 0.316. The summed E-state index contributed by atoms with van der Waals surface area (Å²) in [6.45, 7) is 4.53. The van der Waals surface area contributed by atoms with Crippen molar-refractivity contribution in [2.45, 2.75) is 38.5 Å². The highest BCUT2D eigenvalue weighted by Gasteiger charge is 2.40. The largest absolute Gasteiger partial charge is 0.303 e. The predicted molar refractivity (Wildman–Crippen MR) is 83.0 cm³/mol. The Morgan fingerprint density at radius 3 is 2.35 bits per heavy atom. The van der Waals surface area contributed by atoms with Gasteiger partial charge in [-0.05, 0) is 40.7 Å². The second-order valence-electron chi connectivity index (χ2n) is 5.59. The summed E-state index contributed by atoms with van der Waals surface area (Å²) >= 11 is 0. The minimum Gasteiger partial charge on any atom is -0.303 e. The molecule has 0 amide bonds. The van der Waals surface area contributed by atoms with Crippen molar-refractivity contribution in [1.29, 1.82) is 0 Å². The zero-order chi connectivity index (χ0) is 14.2. The van der Waals surface area contributed by atoms with E-state index in [1.54, 1.807) is 0 Å². The average molecular weight is 264 g/mol. The number of carbonyl (C=O) groups excluding carboxylic acids is 1. The molecule has 2 aromatic carbocycles. The van der Waals surface area contributed by atoms with Crippen LogP contribution in [0.4, 0.5) is 0 Å². The first-order valence-corrected chi connectivity index (χ1v) is 7.43. The Hall–Kier alpha value is -1.89. The summed E-state index contributed by atoms with van der Waals surface area (Å²) in [4.78, 5) is 10.8. The van der Waals surface area contributed by atoms with Gasteiger partial charge < -0.3 is 4.79 Å². The first kappa shape index (κ1) is 13.1. The van der Waals surface area contributed by atoms with Gasteiger partial charge in [0, 0.05) is 11.8 Å². The average Bonchev–Trinajstić information content (AvgIpc) is 2.78. The van der Waals surface area contributed by atoms with Crippen molar-refractivity contribution in [1.82, 2.24) is 0 Å². The first-order chi connectivity index (χ1) is 9.76. The molecule has 0 spiro atoms. The lowest BCUT2D eigenvalue weighted by Crippen LogP contribution is -2.23. The van der Waals surface area contributed by atoms with Crippen molar-refractivity contribution in [2.75, 3.05) is 0 Å². The quantitative estimate of drug-likeness (QED) is 0.742. The summed E-state index contributed by atoms with van der Waals surface area (Å²) in [6.07, 6.45) is 3.69. The molecular weight excluding hydrogens is 244 g/mol. The van der Waals surface area contributed by atoms with Gasteiger partial charge in [0.05, 0.1) is 0 Å². The first-order valence-electron chi connectivity index (χ1n) is 7.43. The Bertz CT molecular complexity index is 651. The second kappa shape index (κ2) is 4.90. The number of hydrogen-bond donors (Lipinski definition) is 0. The molecule has 0 saturated heterocycles. The number of carbonyl (C=O) groups is 1. The molecular formula is C19H20O. The van der Waals surface area contributed by atoms with Gasteiger partial charge in [-0.15, -0.1) is 0 Å². The maximum atomic E-state index is 10.8. The SMILES string of the molecule is CCC1(CC)c2ccccc2-c2ccc(CC=O)cc21. The lowest BCUT2D eigenvalue weighted by Gasteiger charge is -2.29. The number of fused-ring (bicyclic) bond motifs is 3. The molecule has 0 N–H and O–H groups in total. The summed E-state index contributed by atoms with van der Waals surface area (Å²) in [5.74, 6) is 0. The van der Waals surface area contributed by atoms with Gasteiger partial charge in [0.2, 0.25) is 0 Å². The Kier molecular flexibility index (Phi) is 3.21. The maximum Gasteiger partial charge on any atom is 0.124 e. The van der Waals surface area contributed by atoms with Gasteiger partial charge in [0.25, 0.3) is 0 Å². The smallest absolute Gasteiger partial charge is 0.124 e. The van der Waals surface area contributed by atoms with Crippen molar-refractivity contribution in [3.05, 3.63) is 59.2 Å². The fourth-order valence-corrected chi connectivity index (χ4v) is 3.74. The van der Waals surface area contributed by atoms with Crippen molar-refractivity contribution in [2.24, 2.45) is 0 Å². The Labute approximate surface area is 120 Å². The summed E-state index contributed by atoms with van der Waals surface area (Å²) in [5, 5.41) is 0. The van der Waals surface area contributed by atoms with Gasteiger partial charge in [-0.3, -0.25) is 0 Å². The summed E-state index contributed by atoms with van der Waals surface area (Å²) in [6, 6.07) is 15.3. The van der Waals surface area contributed by atoms with E-state index in [0.717, 1.165) is 24.7 Å². The molecule has 1 heteroatoms. The molecule has 0 bridgehead atoms. The maximum absolute atomic E-state index is 10.8. The van der Waals surface area contributed by atoms with E-state index in [1.807, 2.05) is 0 Å². The molecule has 0 heterocycles. The van der Waals surface area contributed by atoms with E-state index in [1.165, 1.54) is 22.3 Å². The van der Waals surface area contributed by atoms with Crippen LogP contribution in [0.25, 0.3) is 11.1 Å². The molecule has 2 aromatic rings. The van der Waals surface area contributed by atoms with E-state index in [2.05, 4.69) is 56.3 Å². The van der Waals surface area contributed by atoms with Crippen molar-refractivity contribution < 1.29 is 4.79 Å². The van der Waals surface area contributed by atoms with Crippen LogP contribution in [0.15, 0.2) is 42.5 Å². The highest BCUT2D eigenvalue weighted by Crippen LogP contribution is 2.52. The van der Waals surface area contributed by atoms with Gasteiger partial charge in [0.15, 0.2) is 0 Å². The van der Waals surface area contributed by atoms with Gasteiger partial charge >= 0.3 is 0 Å². The summed E-state index contributed by atoms with van der Waals surface area (Å²) < 4.78 is 0.